The van der Waals surface area contributed by atoms with Gasteiger partial charge in [0.15, 0.2) is 6.10 Å². The van der Waals surface area contributed by atoms with Crippen molar-refractivity contribution in [3.63, 3.8) is 0 Å². The number of aliphatic hydroxyl groups is 1. The number of thiophene rings is 1. The van der Waals surface area contributed by atoms with Crippen LogP contribution in [0.1, 0.15) is 16.2 Å². The zero-order valence-corrected chi connectivity index (χ0v) is 17.2. The molecule has 3 N–H and O–H groups in total. The van der Waals surface area contributed by atoms with E-state index in [0.717, 1.165) is 0 Å². The van der Waals surface area contributed by atoms with Crippen molar-refractivity contribution in [2.75, 3.05) is 5.32 Å². The van der Waals surface area contributed by atoms with Gasteiger partial charge in [0, 0.05) is 16.1 Å². The van der Waals surface area contributed by atoms with Gasteiger partial charge in [0.25, 0.3) is 0 Å². The summed E-state index contributed by atoms with van der Waals surface area (Å²) in [5.41, 5.74) is 0.917. The number of nitrogens with one attached hydrogen (secondary N) is 1. The molecule has 0 radical (unpaired) electrons. The lowest BCUT2D eigenvalue weighted by Gasteiger charge is -2.09. The molecule has 10 heteroatoms. The molecule has 32 heavy (non-hydrogen) atoms. The summed E-state index contributed by atoms with van der Waals surface area (Å²) in [7, 11) is 0. The molecule has 1 aromatic heterocycles. The minimum atomic E-state index is -4.48. The second kappa shape index (κ2) is 9.84. The zero-order chi connectivity index (χ0) is 23.3. The first kappa shape index (κ1) is 23.3. The SMILES string of the molecule is O=C(C[C@@H](O)C(=O)O)Nc1ccc(OCc2cc(-c3ccccc3)c(C(F)(F)F)s2)cc1. The zero-order valence-electron chi connectivity index (χ0n) is 16.4. The van der Waals surface area contributed by atoms with Crippen LogP contribution in [0, 0.1) is 0 Å². The molecule has 1 heterocycles. The van der Waals surface area contributed by atoms with E-state index < -0.39 is 35.5 Å². The third-order valence-electron chi connectivity index (χ3n) is 4.31. The van der Waals surface area contributed by atoms with Crippen LogP contribution < -0.4 is 10.1 Å². The molecule has 3 aromatic rings. The summed E-state index contributed by atoms with van der Waals surface area (Å²) in [6.07, 6.45) is -6.88. The number of ether oxygens (including phenoxy) is 1. The van der Waals surface area contributed by atoms with Gasteiger partial charge in [-0.25, -0.2) is 4.79 Å². The molecule has 0 saturated carbocycles. The van der Waals surface area contributed by atoms with Gasteiger partial charge in [-0.05, 0) is 35.9 Å². The van der Waals surface area contributed by atoms with Crippen molar-refractivity contribution in [2.45, 2.75) is 25.3 Å². The predicted molar refractivity (Wildman–Crippen MR) is 112 cm³/mol. The number of aliphatic hydroxyl groups excluding tert-OH is 1. The number of alkyl halides is 3. The van der Waals surface area contributed by atoms with Crippen LogP contribution in [-0.4, -0.2) is 28.2 Å². The lowest BCUT2D eigenvalue weighted by molar-refractivity contribution is -0.148. The van der Waals surface area contributed by atoms with E-state index in [4.69, 9.17) is 9.84 Å². The van der Waals surface area contributed by atoms with Crippen LogP contribution in [-0.2, 0) is 22.4 Å². The molecule has 0 saturated heterocycles. The molecular formula is C22H18F3NO5S. The van der Waals surface area contributed by atoms with E-state index in [0.29, 0.717) is 33.2 Å². The first-order valence-corrected chi connectivity index (χ1v) is 10.1. The second-order valence-corrected chi connectivity index (χ2v) is 7.88. The summed E-state index contributed by atoms with van der Waals surface area (Å²) in [4.78, 5) is 22.0. The Hall–Kier alpha value is -3.37. The molecule has 0 aliphatic heterocycles. The van der Waals surface area contributed by atoms with Gasteiger partial charge in [-0.3, -0.25) is 4.79 Å². The van der Waals surface area contributed by atoms with Crippen molar-refractivity contribution in [3.8, 4) is 16.9 Å². The van der Waals surface area contributed by atoms with Crippen LogP contribution in [0.2, 0.25) is 0 Å². The maximum Gasteiger partial charge on any atom is 0.426 e. The average Bonchev–Trinajstić information content (AvgIpc) is 3.19. The summed E-state index contributed by atoms with van der Waals surface area (Å²) >= 11 is 0.621. The van der Waals surface area contributed by atoms with Crippen molar-refractivity contribution < 1.29 is 37.7 Å². The summed E-state index contributed by atoms with van der Waals surface area (Å²) in [5.74, 6) is -1.81. The maximum absolute atomic E-state index is 13.5. The fourth-order valence-corrected chi connectivity index (χ4v) is 3.78. The normalized spacial score (nSPS) is 12.2. The lowest BCUT2D eigenvalue weighted by atomic mass is 10.1. The van der Waals surface area contributed by atoms with Gasteiger partial charge < -0.3 is 20.3 Å². The highest BCUT2D eigenvalue weighted by Gasteiger charge is 2.36. The lowest BCUT2D eigenvalue weighted by Crippen LogP contribution is -2.26. The quantitative estimate of drug-likeness (QED) is 0.445. The van der Waals surface area contributed by atoms with Gasteiger partial charge in [0.1, 0.15) is 17.2 Å². The number of aliphatic carboxylic acids is 1. The third kappa shape index (κ3) is 6.08. The Morgan fingerprint density at radius 3 is 2.31 bits per heavy atom. The highest BCUT2D eigenvalue weighted by molar-refractivity contribution is 7.12. The summed E-state index contributed by atoms with van der Waals surface area (Å²) in [6.45, 7) is -0.0723. The van der Waals surface area contributed by atoms with E-state index in [9.17, 15) is 27.9 Å². The number of hydrogen-bond acceptors (Lipinski definition) is 5. The van der Waals surface area contributed by atoms with Gasteiger partial charge >= 0.3 is 12.1 Å². The Balaban J connectivity index is 1.65. The highest BCUT2D eigenvalue weighted by atomic mass is 32.1. The van der Waals surface area contributed by atoms with Crippen LogP contribution in [0.4, 0.5) is 18.9 Å². The van der Waals surface area contributed by atoms with E-state index in [1.165, 1.54) is 30.3 Å². The largest absolute Gasteiger partial charge is 0.488 e. The molecule has 0 spiro atoms. The van der Waals surface area contributed by atoms with Crippen molar-refractivity contribution in [1.82, 2.24) is 0 Å². The number of amides is 1. The van der Waals surface area contributed by atoms with Gasteiger partial charge in [-0.1, -0.05) is 30.3 Å². The molecular weight excluding hydrogens is 447 g/mol. The highest BCUT2D eigenvalue weighted by Crippen LogP contribution is 2.43. The number of carbonyl (C=O) groups excluding carboxylic acids is 1. The van der Waals surface area contributed by atoms with Crippen molar-refractivity contribution in [2.24, 2.45) is 0 Å². The molecule has 1 amide bonds. The summed E-state index contributed by atoms with van der Waals surface area (Å²) in [5, 5.41) is 20.2. The number of rotatable bonds is 8. The van der Waals surface area contributed by atoms with E-state index >= 15 is 0 Å². The molecule has 0 fully saturated rings. The fraction of sp³-hybridized carbons (Fsp3) is 0.182. The van der Waals surface area contributed by atoms with Gasteiger partial charge in [-0.2, -0.15) is 13.2 Å². The number of halogens is 3. The third-order valence-corrected chi connectivity index (χ3v) is 5.46. The van der Waals surface area contributed by atoms with Crippen LogP contribution in [0.15, 0.2) is 60.7 Å². The number of benzene rings is 2. The Morgan fingerprint density at radius 1 is 1.06 bits per heavy atom. The summed E-state index contributed by atoms with van der Waals surface area (Å²) < 4.78 is 46.0. The Morgan fingerprint density at radius 2 is 1.72 bits per heavy atom. The second-order valence-electron chi connectivity index (χ2n) is 6.74. The number of carboxylic acids is 1. The molecule has 3 rings (SSSR count). The number of carbonyl (C=O) groups is 2. The Bertz CT molecular complexity index is 1080. The molecule has 0 bridgehead atoms. The van der Waals surface area contributed by atoms with Crippen molar-refractivity contribution in [3.05, 3.63) is 70.4 Å². The van der Waals surface area contributed by atoms with Gasteiger partial charge in [0.05, 0.1) is 6.42 Å². The smallest absolute Gasteiger partial charge is 0.426 e. The van der Waals surface area contributed by atoms with Crippen LogP contribution >= 0.6 is 11.3 Å². The molecule has 0 aliphatic rings. The van der Waals surface area contributed by atoms with Crippen molar-refractivity contribution in [1.29, 1.82) is 0 Å². The van der Waals surface area contributed by atoms with Crippen LogP contribution in [0.5, 0.6) is 5.75 Å². The topological polar surface area (TPSA) is 95.9 Å². The Kier molecular flexibility index (Phi) is 7.16. The molecule has 168 valence electrons. The minimum Gasteiger partial charge on any atom is -0.488 e. The maximum atomic E-state index is 13.5. The predicted octanol–water partition coefficient (Wildman–Crippen LogP) is 4.79. The average molecular weight is 465 g/mol. The van der Waals surface area contributed by atoms with Crippen LogP contribution in [0.25, 0.3) is 11.1 Å². The number of carboxylic acid groups (broad SMARTS) is 1. The minimum absolute atomic E-state index is 0.0723. The Labute approximate surface area is 184 Å². The molecule has 2 aromatic carbocycles. The summed E-state index contributed by atoms with van der Waals surface area (Å²) in [6, 6.07) is 15.8. The molecule has 6 nitrogen and oxygen atoms in total. The van der Waals surface area contributed by atoms with Crippen LogP contribution in [0.3, 0.4) is 0 Å². The van der Waals surface area contributed by atoms with E-state index in [2.05, 4.69) is 5.32 Å². The number of anilines is 1. The molecule has 0 unspecified atom stereocenters. The fourth-order valence-electron chi connectivity index (χ4n) is 2.82. The standard InChI is InChI=1S/C22H18F3NO5S/c23-22(24,25)20-17(13-4-2-1-3-5-13)10-16(32-20)12-31-15-8-6-14(7-9-15)26-19(28)11-18(27)21(29)30/h1-10,18,27H,11-12H2,(H,26,28)(H,29,30)/t18-/m1/s1. The van der Waals surface area contributed by atoms with E-state index in [1.807, 2.05) is 0 Å². The van der Waals surface area contributed by atoms with Gasteiger partial charge in [-0.15, -0.1) is 11.3 Å². The first-order valence-electron chi connectivity index (χ1n) is 9.32. The van der Waals surface area contributed by atoms with Crippen molar-refractivity contribution >= 4 is 28.9 Å². The van der Waals surface area contributed by atoms with E-state index in [1.54, 1.807) is 30.3 Å². The molecule has 1 atom stereocenters. The monoisotopic (exact) mass is 465 g/mol. The number of hydrogen-bond donors (Lipinski definition) is 3. The van der Waals surface area contributed by atoms with E-state index in [-0.39, 0.29) is 12.2 Å². The van der Waals surface area contributed by atoms with Gasteiger partial charge in [0.2, 0.25) is 5.91 Å². The molecule has 0 aliphatic carbocycles. The first-order chi connectivity index (χ1) is 15.1.